The molecule has 4 nitrogen and oxygen atoms in total. The van der Waals surface area contributed by atoms with Gasteiger partial charge in [0.25, 0.3) is 0 Å². The number of carbonyl (C=O) groups is 1. The molecule has 0 aromatic heterocycles. The maximum Gasteiger partial charge on any atom is 0.407 e. The number of ether oxygens (including phenoxy) is 1. The summed E-state index contributed by atoms with van der Waals surface area (Å²) in [6.45, 7) is 11.3. The first-order valence-electron chi connectivity index (χ1n) is 8.99. The quantitative estimate of drug-likeness (QED) is 0.691. The Morgan fingerprint density at radius 1 is 1.18 bits per heavy atom. The van der Waals surface area contributed by atoms with Crippen molar-refractivity contribution < 1.29 is 9.53 Å². The van der Waals surface area contributed by atoms with Crippen LogP contribution in [0.5, 0.6) is 0 Å². The highest BCUT2D eigenvalue weighted by atomic mass is 16.6. The zero-order chi connectivity index (χ0) is 16.6. The third kappa shape index (κ3) is 9.29. The molecular weight excluding hydrogens is 276 g/mol. The second-order valence-electron chi connectivity index (χ2n) is 8.05. The molecule has 0 radical (unpaired) electrons. The monoisotopic (exact) mass is 312 g/mol. The molecule has 1 fully saturated rings. The van der Waals surface area contributed by atoms with E-state index in [1.54, 1.807) is 0 Å². The van der Waals surface area contributed by atoms with Crippen LogP contribution in [0.1, 0.15) is 79.6 Å². The number of hydrogen-bond acceptors (Lipinski definition) is 3. The van der Waals surface area contributed by atoms with Gasteiger partial charge in [0.05, 0.1) is 0 Å². The van der Waals surface area contributed by atoms with Crippen molar-refractivity contribution in [3.63, 3.8) is 0 Å². The fraction of sp³-hybridized carbons (Fsp3) is 0.944. The Balaban J connectivity index is 2.19. The van der Waals surface area contributed by atoms with Crippen molar-refractivity contribution in [3.8, 4) is 0 Å². The average Bonchev–Trinajstić information content (AvgIpc) is 2.36. The Morgan fingerprint density at radius 3 is 2.50 bits per heavy atom. The molecule has 0 heterocycles. The number of carbonyl (C=O) groups excluding carboxylic acids is 1. The van der Waals surface area contributed by atoms with E-state index in [9.17, 15) is 4.79 Å². The standard InChI is InChI=1S/C18H36N2O2/c1-14(2)9-6-7-12-19-15-10-8-11-16(13-15)20-17(21)22-18(3,4)5/h14-16,19H,6-13H2,1-5H3,(H,20,21). The molecule has 0 saturated heterocycles. The predicted octanol–water partition coefficient (Wildman–Crippen LogP) is 4.24. The SMILES string of the molecule is CC(C)CCCCNC1CCCC(NC(=O)OC(C)(C)C)C1. The lowest BCUT2D eigenvalue weighted by molar-refractivity contribution is 0.0488. The number of unbranched alkanes of at least 4 members (excludes halogenated alkanes) is 1. The Hall–Kier alpha value is -0.770. The molecule has 1 saturated carbocycles. The van der Waals surface area contributed by atoms with E-state index in [1.165, 1.54) is 32.1 Å². The average molecular weight is 312 g/mol. The van der Waals surface area contributed by atoms with Crippen LogP contribution in [0.4, 0.5) is 4.79 Å². The van der Waals surface area contributed by atoms with Gasteiger partial charge in [-0.2, -0.15) is 0 Å². The van der Waals surface area contributed by atoms with Crippen LogP contribution >= 0.6 is 0 Å². The first kappa shape index (κ1) is 19.3. The van der Waals surface area contributed by atoms with E-state index in [0.29, 0.717) is 6.04 Å². The molecule has 22 heavy (non-hydrogen) atoms. The molecule has 0 bridgehead atoms. The Kier molecular flexibility index (Phi) is 8.23. The van der Waals surface area contributed by atoms with Crippen molar-refractivity contribution in [3.05, 3.63) is 0 Å². The second kappa shape index (κ2) is 9.39. The molecule has 2 unspecified atom stereocenters. The molecule has 4 heteroatoms. The Labute approximate surface area is 136 Å². The maximum atomic E-state index is 11.8. The van der Waals surface area contributed by atoms with Crippen LogP contribution < -0.4 is 10.6 Å². The number of rotatable bonds is 7. The van der Waals surface area contributed by atoms with Crippen LogP contribution in [-0.4, -0.2) is 30.3 Å². The summed E-state index contributed by atoms with van der Waals surface area (Å²) in [6, 6.07) is 0.782. The van der Waals surface area contributed by atoms with Gasteiger partial charge in [-0.3, -0.25) is 0 Å². The molecule has 1 rings (SSSR count). The van der Waals surface area contributed by atoms with Crippen LogP contribution in [0.3, 0.4) is 0 Å². The smallest absolute Gasteiger partial charge is 0.407 e. The van der Waals surface area contributed by atoms with Crippen LogP contribution in [0.15, 0.2) is 0 Å². The highest BCUT2D eigenvalue weighted by molar-refractivity contribution is 5.68. The van der Waals surface area contributed by atoms with E-state index < -0.39 is 5.60 Å². The van der Waals surface area contributed by atoms with E-state index >= 15 is 0 Å². The zero-order valence-electron chi connectivity index (χ0n) is 15.2. The maximum absolute atomic E-state index is 11.8. The van der Waals surface area contributed by atoms with Gasteiger partial charge >= 0.3 is 6.09 Å². The summed E-state index contributed by atoms with van der Waals surface area (Å²) in [6.07, 6.45) is 8.05. The fourth-order valence-electron chi connectivity index (χ4n) is 2.96. The van der Waals surface area contributed by atoms with Gasteiger partial charge < -0.3 is 15.4 Å². The van der Waals surface area contributed by atoms with Crippen LogP contribution in [0, 0.1) is 5.92 Å². The summed E-state index contributed by atoms with van der Waals surface area (Å²) >= 11 is 0. The number of hydrogen-bond donors (Lipinski definition) is 2. The van der Waals surface area contributed by atoms with E-state index in [2.05, 4.69) is 24.5 Å². The summed E-state index contributed by atoms with van der Waals surface area (Å²) in [4.78, 5) is 11.8. The molecule has 130 valence electrons. The molecule has 0 aromatic rings. The van der Waals surface area contributed by atoms with E-state index in [1.807, 2.05) is 20.8 Å². The van der Waals surface area contributed by atoms with Gasteiger partial charge in [-0.25, -0.2) is 4.79 Å². The van der Waals surface area contributed by atoms with E-state index in [4.69, 9.17) is 4.74 Å². The van der Waals surface area contributed by atoms with Gasteiger partial charge in [-0.1, -0.05) is 26.7 Å². The van der Waals surface area contributed by atoms with E-state index in [-0.39, 0.29) is 12.1 Å². The van der Waals surface area contributed by atoms with Crippen molar-refractivity contribution >= 4 is 6.09 Å². The summed E-state index contributed by atoms with van der Waals surface area (Å²) in [5.41, 5.74) is -0.424. The lowest BCUT2D eigenvalue weighted by Crippen LogP contribution is -2.45. The van der Waals surface area contributed by atoms with Gasteiger partial charge in [-0.15, -0.1) is 0 Å². The van der Waals surface area contributed by atoms with Crippen molar-refractivity contribution in [2.45, 2.75) is 97.2 Å². The third-order valence-corrected chi connectivity index (χ3v) is 4.04. The second-order valence-corrected chi connectivity index (χ2v) is 8.05. The minimum atomic E-state index is -0.424. The molecule has 1 aliphatic rings. The first-order valence-corrected chi connectivity index (χ1v) is 8.99. The molecule has 1 aliphatic carbocycles. The summed E-state index contributed by atoms with van der Waals surface area (Å²) in [7, 11) is 0. The van der Waals surface area contributed by atoms with Gasteiger partial charge in [-0.05, 0) is 65.3 Å². The lowest BCUT2D eigenvalue weighted by Gasteiger charge is -2.31. The van der Waals surface area contributed by atoms with Crippen LogP contribution in [-0.2, 0) is 4.74 Å². The van der Waals surface area contributed by atoms with Crippen molar-refractivity contribution in [1.82, 2.24) is 10.6 Å². The summed E-state index contributed by atoms with van der Waals surface area (Å²) in [5.74, 6) is 0.803. The van der Waals surface area contributed by atoms with Crippen LogP contribution in [0.25, 0.3) is 0 Å². The number of amides is 1. The summed E-state index contributed by atoms with van der Waals surface area (Å²) in [5, 5.41) is 6.68. The highest BCUT2D eigenvalue weighted by Crippen LogP contribution is 2.19. The van der Waals surface area contributed by atoms with Gasteiger partial charge in [0.15, 0.2) is 0 Å². The summed E-state index contributed by atoms with van der Waals surface area (Å²) < 4.78 is 5.34. The molecule has 0 aromatic carbocycles. The molecule has 0 aliphatic heterocycles. The molecular formula is C18H36N2O2. The molecule has 2 atom stereocenters. The fourth-order valence-corrected chi connectivity index (χ4v) is 2.96. The Morgan fingerprint density at radius 2 is 1.86 bits per heavy atom. The first-order chi connectivity index (χ1) is 10.3. The minimum absolute atomic E-state index is 0.247. The minimum Gasteiger partial charge on any atom is -0.444 e. The van der Waals surface area contributed by atoms with Crippen LogP contribution in [0.2, 0.25) is 0 Å². The predicted molar refractivity (Wildman–Crippen MR) is 92.1 cm³/mol. The lowest BCUT2D eigenvalue weighted by atomic mass is 9.91. The molecule has 1 amide bonds. The molecule has 0 spiro atoms. The van der Waals surface area contributed by atoms with Gasteiger partial charge in [0.2, 0.25) is 0 Å². The van der Waals surface area contributed by atoms with Crippen molar-refractivity contribution in [2.75, 3.05) is 6.54 Å². The largest absolute Gasteiger partial charge is 0.444 e. The molecule has 2 N–H and O–H groups in total. The van der Waals surface area contributed by atoms with E-state index in [0.717, 1.165) is 25.3 Å². The van der Waals surface area contributed by atoms with Gasteiger partial charge in [0, 0.05) is 12.1 Å². The number of alkyl carbamates (subject to hydrolysis) is 1. The third-order valence-electron chi connectivity index (χ3n) is 4.04. The topological polar surface area (TPSA) is 50.4 Å². The van der Waals surface area contributed by atoms with Crippen molar-refractivity contribution in [1.29, 1.82) is 0 Å². The number of nitrogens with one attached hydrogen (secondary N) is 2. The Bertz CT molecular complexity index is 324. The zero-order valence-corrected chi connectivity index (χ0v) is 15.2. The van der Waals surface area contributed by atoms with Gasteiger partial charge in [0.1, 0.15) is 5.60 Å². The van der Waals surface area contributed by atoms with Crippen molar-refractivity contribution in [2.24, 2.45) is 5.92 Å². The normalized spacial score (nSPS) is 22.6. The highest BCUT2D eigenvalue weighted by Gasteiger charge is 2.25.